The van der Waals surface area contributed by atoms with Gasteiger partial charge in [0.2, 0.25) is 0 Å². The fourth-order valence-corrected chi connectivity index (χ4v) is 3.94. The first-order valence-electron chi connectivity index (χ1n) is 7.98. The first-order valence-corrected chi connectivity index (χ1v) is 9.72. The van der Waals surface area contributed by atoms with Crippen molar-refractivity contribution in [1.29, 1.82) is 0 Å². The Bertz CT molecular complexity index is 944. The molecule has 5 nitrogen and oxygen atoms in total. The first-order chi connectivity index (χ1) is 12.6. The number of nitrogens with zero attached hydrogens (tertiary/aromatic N) is 3. The summed E-state index contributed by atoms with van der Waals surface area (Å²) in [5, 5.41) is 10.7. The Morgan fingerprint density at radius 2 is 1.85 bits per heavy atom. The number of fused-ring (bicyclic) bond motifs is 1. The van der Waals surface area contributed by atoms with E-state index in [1.165, 1.54) is 0 Å². The lowest BCUT2D eigenvalue weighted by Crippen LogP contribution is -2.15. The standard InChI is InChI=1S/C18H15Cl2N3O2S/c1-23-17(12-2-4-13(19)5-3-12)21-22-18(23)26-10-11-8-14(20)16-15(9-11)24-6-7-25-16/h2-5,8-9H,6-7,10H2,1H3. The zero-order valence-corrected chi connectivity index (χ0v) is 16.2. The van der Waals surface area contributed by atoms with Crippen LogP contribution in [0.1, 0.15) is 5.56 Å². The Morgan fingerprint density at radius 1 is 1.08 bits per heavy atom. The van der Waals surface area contributed by atoms with E-state index >= 15 is 0 Å². The number of benzene rings is 2. The van der Waals surface area contributed by atoms with Gasteiger partial charge in [-0.1, -0.05) is 35.0 Å². The van der Waals surface area contributed by atoms with E-state index in [-0.39, 0.29) is 0 Å². The van der Waals surface area contributed by atoms with E-state index < -0.39 is 0 Å². The van der Waals surface area contributed by atoms with Gasteiger partial charge in [0.1, 0.15) is 13.2 Å². The monoisotopic (exact) mass is 407 g/mol. The van der Waals surface area contributed by atoms with Gasteiger partial charge in [0, 0.05) is 23.4 Å². The van der Waals surface area contributed by atoms with Gasteiger partial charge in [-0.3, -0.25) is 0 Å². The highest BCUT2D eigenvalue weighted by atomic mass is 35.5. The number of rotatable bonds is 4. The predicted octanol–water partition coefficient (Wildman–Crippen LogP) is 4.85. The second kappa shape index (κ2) is 7.39. The van der Waals surface area contributed by atoms with Crippen molar-refractivity contribution in [1.82, 2.24) is 14.8 Å². The molecule has 1 aliphatic rings. The molecule has 0 unspecified atom stereocenters. The maximum Gasteiger partial charge on any atom is 0.191 e. The number of thioether (sulfide) groups is 1. The summed E-state index contributed by atoms with van der Waals surface area (Å²) in [4.78, 5) is 0. The summed E-state index contributed by atoms with van der Waals surface area (Å²) in [6, 6.07) is 11.4. The molecule has 1 aliphatic heterocycles. The van der Waals surface area contributed by atoms with Crippen molar-refractivity contribution in [2.24, 2.45) is 7.05 Å². The summed E-state index contributed by atoms with van der Waals surface area (Å²) in [6.45, 7) is 1.06. The van der Waals surface area contributed by atoms with Gasteiger partial charge in [0.25, 0.3) is 0 Å². The quantitative estimate of drug-likeness (QED) is 0.578. The van der Waals surface area contributed by atoms with Gasteiger partial charge in [-0.05, 0) is 42.0 Å². The number of ether oxygens (including phenoxy) is 2. The SMILES string of the molecule is Cn1c(SCc2cc(Cl)c3c(c2)OCCO3)nnc1-c1ccc(Cl)cc1. The second-order valence-corrected chi connectivity index (χ2v) is 7.55. The van der Waals surface area contributed by atoms with Crippen molar-refractivity contribution >= 4 is 35.0 Å². The smallest absolute Gasteiger partial charge is 0.191 e. The van der Waals surface area contributed by atoms with Crippen LogP contribution in [0.5, 0.6) is 11.5 Å². The van der Waals surface area contributed by atoms with Crippen LogP contribution in [0.15, 0.2) is 41.6 Å². The first kappa shape index (κ1) is 17.5. The maximum absolute atomic E-state index is 6.30. The fraction of sp³-hybridized carbons (Fsp3) is 0.222. The van der Waals surface area contributed by atoms with E-state index in [9.17, 15) is 0 Å². The van der Waals surface area contributed by atoms with E-state index in [2.05, 4.69) is 10.2 Å². The molecule has 2 heterocycles. The minimum atomic E-state index is 0.521. The van der Waals surface area contributed by atoms with Crippen LogP contribution in [0.3, 0.4) is 0 Å². The molecule has 2 aromatic carbocycles. The van der Waals surface area contributed by atoms with Gasteiger partial charge in [0.05, 0.1) is 5.02 Å². The van der Waals surface area contributed by atoms with E-state index in [4.69, 9.17) is 32.7 Å². The highest BCUT2D eigenvalue weighted by Gasteiger charge is 2.17. The molecule has 0 atom stereocenters. The Labute approximate surface area is 165 Å². The summed E-state index contributed by atoms with van der Waals surface area (Å²) >= 11 is 13.8. The third-order valence-electron chi connectivity index (χ3n) is 3.96. The molecule has 134 valence electrons. The molecule has 0 spiro atoms. The van der Waals surface area contributed by atoms with Crippen molar-refractivity contribution in [3.8, 4) is 22.9 Å². The number of hydrogen-bond donors (Lipinski definition) is 0. The van der Waals surface area contributed by atoms with E-state index in [1.807, 2.05) is 48.0 Å². The molecule has 0 aliphatic carbocycles. The minimum absolute atomic E-state index is 0.521. The summed E-state index contributed by atoms with van der Waals surface area (Å²) in [7, 11) is 1.95. The minimum Gasteiger partial charge on any atom is -0.486 e. The van der Waals surface area contributed by atoms with Crippen molar-refractivity contribution in [3.63, 3.8) is 0 Å². The molecule has 8 heteroatoms. The molecule has 0 N–H and O–H groups in total. The Morgan fingerprint density at radius 3 is 2.65 bits per heavy atom. The molecule has 3 aromatic rings. The lowest BCUT2D eigenvalue weighted by atomic mass is 10.2. The molecule has 0 radical (unpaired) electrons. The lowest BCUT2D eigenvalue weighted by Gasteiger charge is -2.20. The zero-order valence-electron chi connectivity index (χ0n) is 13.9. The maximum atomic E-state index is 6.30. The molecule has 4 rings (SSSR count). The normalized spacial score (nSPS) is 13.0. The van der Waals surface area contributed by atoms with Gasteiger partial charge >= 0.3 is 0 Å². The summed E-state index contributed by atoms with van der Waals surface area (Å²) in [5.74, 6) is 2.81. The highest BCUT2D eigenvalue weighted by molar-refractivity contribution is 7.98. The molecule has 0 fully saturated rings. The Balaban J connectivity index is 1.52. The van der Waals surface area contributed by atoms with Crippen LogP contribution in [-0.4, -0.2) is 28.0 Å². The molecule has 1 aromatic heterocycles. The third-order valence-corrected chi connectivity index (χ3v) is 5.59. The van der Waals surface area contributed by atoms with Gasteiger partial charge in [-0.2, -0.15) is 0 Å². The van der Waals surface area contributed by atoms with Crippen molar-refractivity contribution in [2.45, 2.75) is 10.9 Å². The molecule has 0 bridgehead atoms. The van der Waals surface area contributed by atoms with Crippen molar-refractivity contribution in [3.05, 3.63) is 52.0 Å². The Kier molecular flexibility index (Phi) is 4.98. The van der Waals surface area contributed by atoms with Gasteiger partial charge in [-0.15, -0.1) is 10.2 Å². The number of halogens is 2. The van der Waals surface area contributed by atoms with Crippen LogP contribution in [-0.2, 0) is 12.8 Å². The van der Waals surface area contributed by atoms with Crippen LogP contribution >= 0.6 is 35.0 Å². The van der Waals surface area contributed by atoms with Crippen LogP contribution in [0.25, 0.3) is 11.4 Å². The molecular weight excluding hydrogens is 393 g/mol. The Hall–Kier alpha value is -1.89. The molecule has 26 heavy (non-hydrogen) atoms. The van der Waals surface area contributed by atoms with E-state index in [0.29, 0.717) is 40.5 Å². The van der Waals surface area contributed by atoms with Gasteiger partial charge in [-0.25, -0.2) is 0 Å². The zero-order chi connectivity index (χ0) is 18.1. The molecule has 0 saturated heterocycles. The molecular formula is C18H15Cl2N3O2S. The average molecular weight is 408 g/mol. The van der Waals surface area contributed by atoms with Crippen LogP contribution in [0, 0.1) is 0 Å². The van der Waals surface area contributed by atoms with Crippen LogP contribution < -0.4 is 9.47 Å². The van der Waals surface area contributed by atoms with Crippen molar-refractivity contribution < 1.29 is 9.47 Å². The summed E-state index contributed by atoms with van der Waals surface area (Å²) < 4.78 is 13.1. The molecule has 0 saturated carbocycles. The van der Waals surface area contributed by atoms with Gasteiger partial charge in [0.15, 0.2) is 22.5 Å². The lowest BCUT2D eigenvalue weighted by molar-refractivity contribution is 0.171. The largest absolute Gasteiger partial charge is 0.486 e. The third kappa shape index (κ3) is 3.49. The molecule has 0 amide bonds. The second-order valence-electron chi connectivity index (χ2n) is 5.76. The van der Waals surface area contributed by atoms with E-state index in [0.717, 1.165) is 22.1 Å². The van der Waals surface area contributed by atoms with E-state index in [1.54, 1.807) is 11.8 Å². The van der Waals surface area contributed by atoms with Crippen LogP contribution in [0.4, 0.5) is 0 Å². The fourth-order valence-electron chi connectivity index (χ4n) is 2.69. The number of aromatic nitrogens is 3. The topological polar surface area (TPSA) is 49.2 Å². The van der Waals surface area contributed by atoms with Crippen molar-refractivity contribution in [2.75, 3.05) is 13.2 Å². The van der Waals surface area contributed by atoms with Gasteiger partial charge < -0.3 is 14.0 Å². The predicted molar refractivity (Wildman–Crippen MR) is 103 cm³/mol. The highest BCUT2D eigenvalue weighted by Crippen LogP contribution is 2.39. The number of hydrogen-bond acceptors (Lipinski definition) is 5. The average Bonchev–Trinajstić information content (AvgIpc) is 3.01. The summed E-state index contributed by atoms with van der Waals surface area (Å²) in [5.41, 5.74) is 2.01. The van der Waals surface area contributed by atoms with Crippen LogP contribution in [0.2, 0.25) is 10.0 Å². The summed E-state index contributed by atoms with van der Waals surface area (Å²) in [6.07, 6.45) is 0.